The summed E-state index contributed by atoms with van der Waals surface area (Å²) in [7, 11) is 0. The molecule has 0 fully saturated rings. The summed E-state index contributed by atoms with van der Waals surface area (Å²) >= 11 is 9.35. The van der Waals surface area contributed by atoms with E-state index in [1.54, 1.807) is 30.1 Å². The van der Waals surface area contributed by atoms with Crippen LogP contribution in [0.15, 0.2) is 82.1 Å². The van der Waals surface area contributed by atoms with E-state index in [4.69, 9.17) is 16.0 Å². The molecule has 0 aliphatic rings. The van der Waals surface area contributed by atoms with Crippen molar-refractivity contribution in [3.05, 3.63) is 93.9 Å². The van der Waals surface area contributed by atoms with Gasteiger partial charge in [-0.15, -0.1) is 21.5 Å². The quantitative estimate of drug-likeness (QED) is 0.285. The average Bonchev–Trinajstić information content (AvgIpc) is 3.63. The van der Waals surface area contributed by atoms with Gasteiger partial charge in [0.05, 0.1) is 22.7 Å². The molecule has 34 heavy (non-hydrogen) atoms. The van der Waals surface area contributed by atoms with E-state index in [0.717, 1.165) is 16.3 Å². The predicted octanol–water partition coefficient (Wildman–Crippen LogP) is 5.25. The molecule has 8 nitrogen and oxygen atoms in total. The number of thioether (sulfide) groups is 1. The molecule has 1 amide bonds. The molecular formula is C23H17ClN6O2S2. The van der Waals surface area contributed by atoms with Crippen molar-refractivity contribution in [1.29, 1.82) is 0 Å². The molecule has 0 unspecified atom stereocenters. The van der Waals surface area contributed by atoms with Crippen LogP contribution in [0.5, 0.6) is 0 Å². The van der Waals surface area contributed by atoms with Gasteiger partial charge < -0.3 is 9.73 Å². The number of pyridine rings is 1. The molecule has 4 heterocycles. The maximum Gasteiger partial charge on any atom is 0.271 e. The molecule has 0 aliphatic carbocycles. The van der Waals surface area contributed by atoms with E-state index >= 15 is 0 Å². The lowest BCUT2D eigenvalue weighted by Gasteiger charge is -2.10. The van der Waals surface area contributed by atoms with Crippen LogP contribution in [-0.4, -0.2) is 30.6 Å². The smallest absolute Gasteiger partial charge is 0.271 e. The van der Waals surface area contributed by atoms with Crippen molar-refractivity contribution in [2.45, 2.75) is 17.5 Å². The minimum atomic E-state index is -0.226. The zero-order valence-electron chi connectivity index (χ0n) is 17.6. The number of hydrogen-bond acceptors (Lipinski definition) is 8. The second-order valence-electron chi connectivity index (χ2n) is 7.03. The number of thiazole rings is 1. The number of furan rings is 1. The number of aromatic nitrogens is 5. The van der Waals surface area contributed by atoms with Crippen LogP contribution in [-0.2, 0) is 12.3 Å². The summed E-state index contributed by atoms with van der Waals surface area (Å²) in [6.07, 6.45) is 5.00. The fourth-order valence-electron chi connectivity index (χ4n) is 3.16. The highest BCUT2D eigenvalue weighted by Crippen LogP contribution is 2.33. The van der Waals surface area contributed by atoms with Gasteiger partial charge in [-0.25, -0.2) is 4.98 Å². The number of rotatable bonds is 8. The van der Waals surface area contributed by atoms with Crippen LogP contribution in [0, 0.1) is 0 Å². The fraction of sp³-hybridized carbons (Fsp3) is 0.0870. The molecule has 0 aliphatic heterocycles. The Bertz CT molecular complexity index is 1400. The maximum atomic E-state index is 12.5. The Labute approximate surface area is 208 Å². The van der Waals surface area contributed by atoms with Crippen LogP contribution >= 0.6 is 34.7 Å². The van der Waals surface area contributed by atoms with E-state index < -0.39 is 0 Å². The van der Waals surface area contributed by atoms with E-state index in [9.17, 15) is 4.79 Å². The van der Waals surface area contributed by atoms with Crippen molar-refractivity contribution in [3.63, 3.8) is 0 Å². The van der Waals surface area contributed by atoms with Gasteiger partial charge in [-0.2, -0.15) is 0 Å². The lowest BCUT2D eigenvalue weighted by Crippen LogP contribution is -2.23. The van der Waals surface area contributed by atoms with Crippen molar-refractivity contribution >= 4 is 40.6 Å². The average molecular weight is 509 g/mol. The topological polar surface area (TPSA) is 98.7 Å². The minimum absolute atomic E-state index is 0.226. The van der Waals surface area contributed by atoms with Crippen LogP contribution in [0.25, 0.3) is 17.3 Å². The van der Waals surface area contributed by atoms with Crippen molar-refractivity contribution < 1.29 is 9.21 Å². The summed E-state index contributed by atoms with van der Waals surface area (Å²) in [5, 5.41) is 15.3. The van der Waals surface area contributed by atoms with Gasteiger partial charge in [0, 0.05) is 24.3 Å². The molecule has 0 bridgehead atoms. The number of hydrogen-bond donors (Lipinski definition) is 1. The van der Waals surface area contributed by atoms with E-state index in [2.05, 4.69) is 25.5 Å². The van der Waals surface area contributed by atoms with Gasteiger partial charge in [0.1, 0.15) is 10.7 Å². The molecule has 0 saturated heterocycles. The molecule has 1 aromatic carbocycles. The van der Waals surface area contributed by atoms with E-state index in [0.29, 0.717) is 39.8 Å². The summed E-state index contributed by atoms with van der Waals surface area (Å²) in [6.45, 7) is 0.394. The Balaban J connectivity index is 1.32. The summed E-state index contributed by atoms with van der Waals surface area (Å²) < 4.78 is 7.41. The van der Waals surface area contributed by atoms with Gasteiger partial charge in [0.25, 0.3) is 5.91 Å². The molecule has 0 radical (unpaired) electrons. The summed E-state index contributed by atoms with van der Waals surface area (Å²) in [5.74, 6) is 1.42. The normalized spacial score (nSPS) is 11.0. The van der Waals surface area contributed by atoms with E-state index in [1.807, 2.05) is 47.0 Å². The molecule has 0 atom stereocenters. The number of halogens is 1. The first-order chi connectivity index (χ1) is 16.7. The molecule has 5 aromatic rings. The number of amides is 1. The molecule has 11 heteroatoms. The van der Waals surface area contributed by atoms with Gasteiger partial charge in [0.2, 0.25) is 5.82 Å². The molecule has 0 saturated carbocycles. The Morgan fingerprint density at radius 2 is 2.06 bits per heavy atom. The lowest BCUT2D eigenvalue weighted by atomic mass is 10.3. The maximum absolute atomic E-state index is 12.5. The first-order valence-corrected chi connectivity index (χ1v) is 12.4. The fourth-order valence-corrected chi connectivity index (χ4v) is 5.12. The molecule has 4 aromatic heterocycles. The monoisotopic (exact) mass is 508 g/mol. The third kappa shape index (κ3) is 4.89. The van der Waals surface area contributed by atoms with Crippen LogP contribution in [0.1, 0.15) is 21.1 Å². The van der Waals surface area contributed by atoms with Crippen LogP contribution < -0.4 is 5.32 Å². The van der Waals surface area contributed by atoms with Gasteiger partial charge in [0.15, 0.2) is 10.9 Å². The molecular weight excluding hydrogens is 492 g/mol. The number of para-hydroxylation sites is 1. The predicted molar refractivity (Wildman–Crippen MR) is 131 cm³/mol. The number of nitrogens with zero attached hydrogens (tertiary/aromatic N) is 5. The van der Waals surface area contributed by atoms with E-state index in [1.165, 1.54) is 23.1 Å². The molecule has 0 spiro atoms. The first kappa shape index (κ1) is 22.3. The van der Waals surface area contributed by atoms with Crippen molar-refractivity contribution in [1.82, 2.24) is 30.0 Å². The number of carbonyl (C=O) groups is 1. The summed E-state index contributed by atoms with van der Waals surface area (Å²) in [5.41, 5.74) is 2.05. The van der Waals surface area contributed by atoms with Crippen molar-refractivity contribution in [3.8, 4) is 17.3 Å². The summed E-state index contributed by atoms with van der Waals surface area (Å²) in [6, 6.07) is 14.8. The molecule has 1 N–H and O–H groups in total. The Morgan fingerprint density at radius 3 is 2.85 bits per heavy atom. The number of benzene rings is 1. The number of carbonyl (C=O) groups excluding carboxylic acids is 1. The van der Waals surface area contributed by atoms with Crippen LogP contribution in [0.2, 0.25) is 5.02 Å². The van der Waals surface area contributed by atoms with Gasteiger partial charge in [-0.05, 0) is 35.9 Å². The van der Waals surface area contributed by atoms with Gasteiger partial charge in [-0.3, -0.25) is 14.3 Å². The second-order valence-corrected chi connectivity index (χ2v) is 9.32. The Hall–Kier alpha value is -3.47. The zero-order valence-corrected chi connectivity index (χ0v) is 20.0. The first-order valence-electron chi connectivity index (χ1n) is 10.2. The standard InChI is InChI=1S/C23H17ClN6O2S2/c24-16-6-1-2-7-18(16)30-21(19-8-4-10-32-19)28-29-23(30)34-14-20-27-17(13-33-20)22(31)26-12-15-5-3-9-25-11-15/h1-11,13H,12,14H2,(H,26,31). The third-order valence-electron chi connectivity index (χ3n) is 4.75. The second kappa shape index (κ2) is 10.2. The highest BCUT2D eigenvalue weighted by atomic mass is 35.5. The Kier molecular flexibility index (Phi) is 6.70. The third-order valence-corrected chi connectivity index (χ3v) is 7.04. The number of nitrogens with one attached hydrogen (secondary N) is 1. The highest BCUT2D eigenvalue weighted by molar-refractivity contribution is 7.98. The summed E-state index contributed by atoms with van der Waals surface area (Å²) in [4.78, 5) is 21.0. The highest BCUT2D eigenvalue weighted by Gasteiger charge is 2.20. The van der Waals surface area contributed by atoms with E-state index in [-0.39, 0.29) is 5.91 Å². The molecule has 5 rings (SSSR count). The molecule has 170 valence electrons. The van der Waals surface area contributed by atoms with Crippen LogP contribution in [0.4, 0.5) is 0 Å². The minimum Gasteiger partial charge on any atom is -0.461 e. The van der Waals surface area contributed by atoms with Crippen LogP contribution in [0.3, 0.4) is 0 Å². The van der Waals surface area contributed by atoms with Crippen molar-refractivity contribution in [2.24, 2.45) is 0 Å². The van der Waals surface area contributed by atoms with Crippen molar-refractivity contribution in [2.75, 3.05) is 0 Å². The zero-order chi connectivity index (χ0) is 23.3. The lowest BCUT2D eigenvalue weighted by molar-refractivity contribution is 0.0946. The van der Waals surface area contributed by atoms with Gasteiger partial charge >= 0.3 is 0 Å². The Morgan fingerprint density at radius 1 is 1.15 bits per heavy atom. The van der Waals surface area contributed by atoms with Gasteiger partial charge in [-0.1, -0.05) is 41.6 Å². The largest absolute Gasteiger partial charge is 0.461 e. The SMILES string of the molecule is O=C(NCc1cccnc1)c1csc(CSc2nnc(-c3ccco3)n2-c2ccccc2Cl)n1.